The minimum Gasteiger partial charge on any atom is -0.462 e. The van der Waals surface area contributed by atoms with Crippen molar-refractivity contribution in [2.45, 2.75) is 13.3 Å². The minimum absolute atomic E-state index is 0.216. The molecular weight excluding hydrogens is 285 g/mol. The van der Waals surface area contributed by atoms with Gasteiger partial charge < -0.3 is 4.74 Å². The van der Waals surface area contributed by atoms with E-state index in [-0.39, 0.29) is 12.4 Å². The SMILES string of the molecule is Cc1nn2cccnc2c1C(=O)OCCc1ccc(F)cc1. The molecule has 22 heavy (non-hydrogen) atoms. The van der Waals surface area contributed by atoms with Crippen LogP contribution in [-0.4, -0.2) is 27.2 Å². The van der Waals surface area contributed by atoms with Gasteiger partial charge in [0.2, 0.25) is 0 Å². The summed E-state index contributed by atoms with van der Waals surface area (Å²) in [5.74, 6) is -0.734. The van der Waals surface area contributed by atoms with Crippen molar-refractivity contribution in [3.05, 3.63) is 65.4 Å². The Kier molecular flexibility index (Phi) is 3.82. The number of nitrogens with zero attached hydrogens (tertiary/aromatic N) is 3. The van der Waals surface area contributed by atoms with Crippen molar-refractivity contribution in [3.8, 4) is 0 Å². The third-order valence-electron chi connectivity index (χ3n) is 3.31. The highest BCUT2D eigenvalue weighted by atomic mass is 19.1. The minimum atomic E-state index is -0.451. The van der Waals surface area contributed by atoms with Crippen LogP contribution in [0.25, 0.3) is 5.65 Å². The molecule has 1 aromatic carbocycles. The number of rotatable bonds is 4. The maximum Gasteiger partial charge on any atom is 0.343 e. The summed E-state index contributed by atoms with van der Waals surface area (Å²) in [6.07, 6.45) is 3.86. The summed E-state index contributed by atoms with van der Waals surface area (Å²) in [4.78, 5) is 16.4. The Balaban J connectivity index is 1.68. The third-order valence-corrected chi connectivity index (χ3v) is 3.31. The number of fused-ring (bicyclic) bond motifs is 1. The summed E-state index contributed by atoms with van der Waals surface area (Å²) in [7, 11) is 0. The lowest BCUT2D eigenvalue weighted by Gasteiger charge is -2.04. The molecule has 0 saturated carbocycles. The second kappa shape index (κ2) is 5.93. The van der Waals surface area contributed by atoms with Crippen molar-refractivity contribution >= 4 is 11.6 Å². The van der Waals surface area contributed by atoms with E-state index in [2.05, 4.69) is 10.1 Å². The molecule has 6 heteroatoms. The van der Waals surface area contributed by atoms with Crippen molar-refractivity contribution in [3.63, 3.8) is 0 Å². The molecular formula is C16H14FN3O2. The van der Waals surface area contributed by atoms with Gasteiger partial charge in [0.05, 0.1) is 12.3 Å². The average molecular weight is 299 g/mol. The normalized spacial score (nSPS) is 10.8. The molecule has 5 nitrogen and oxygen atoms in total. The lowest BCUT2D eigenvalue weighted by atomic mass is 10.1. The molecule has 0 unspecified atom stereocenters. The number of aryl methyl sites for hydroxylation is 1. The zero-order valence-corrected chi connectivity index (χ0v) is 12.0. The van der Waals surface area contributed by atoms with E-state index >= 15 is 0 Å². The number of benzene rings is 1. The van der Waals surface area contributed by atoms with Gasteiger partial charge in [-0.3, -0.25) is 0 Å². The number of carbonyl (C=O) groups is 1. The smallest absolute Gasteiger partial charge is 0.343 e. The zero-order valence-electron chi connectivity index (χ0n) is 12.0. The molecule has 112 valence electrons. The summed E-state index contributed by atoms with van der Waals surface area (Å²) >= 11 is 0. The van der Waals surface area contributed by atoms with Gasteiger partial charge in [0.15, 0.2) is 5.65 Å². The summed E-state index contributed by atoms with van der Waals surface area (Å²) in [6, 6.07) is 7.85. The van der Waals surface area contributed by atoms with E-state index < -0.39 is 5.97 Å². The fourth-order valence-corrected chi connectivity index (χ4v) is 2.22. The van der Waals surface area contributed by atoms with Crippen molar-refractivity contribution in [1.29, 1.82) is 0 Å². The number of ether oxygens (including phenoxy) is 1. The predicted octanol–water partition coefficient (Wildman–Crippen LogP) is 2.58. The molecule has 0 N–H and O–H groups in total. The Morgan fingerprint density at radius 1 is 1.32 bits per heavy atom. The zero-order chi connectivity index (χ0) is 15.5. The van der Waals surface area contributed by atoms with Gasteiger partial charge in [0, 0.05) is 18.8 Å². The number of halogens is 1. The molecule has 0 bridgehead atoms. The molecule has 0 aliphatic heterocycles. The highest BCUT2D eigenvalue weighted by Crippen LogP contribution is 2.14. The van der Waals surface area contributed by atoms with Crippen LogP contribution < -0.4 is 0 Å². The van der Waals surface area contributed by atoms with Gasteiger partial charge in [-0.25, -0.2) is 18.7 Å². The van der Waals surface area contributed by atoms with Crippen LogP contribution in [0.5, 0.6) is 0 Å². The highest BCUT2D eigenvalue weighted by Gasteiger charge is 2.19. The molecule has 3 aromatic rings. The predicted molar refractivity (Wildman–Crippen MR) is 78.1 cm³/mol. The largest absolute Gasteiger partial charge is 0.462 e. The highest BCUT2D eigenvalue weighted by molar-refractivity contribution is 5.97. The van der Waals surface area contributed by atoms with Gasteiger partial charge in [-0.05, 0) is 30.7 Å². The van der Waals surface area contributed by atoms with E-state index in [9.17, 15) is 9.18 Å². The van der Waals surface area contributed by atoms with Crippen molar-refractivity contribution in [1.82, 2.24) is 14.6 Å². The average Bonchev–Trinajstić information content (AvgIpc) is 2.85. The second-order valence-corrected chi connectivity index (χ2v) is 4.86. The Labute approximate surface area is 126 Å². The molecule has 0 saturated heterocycles. The third kappa shape index (κ3) is 2.81. The van der Waals surface area contributed by atoms with Crippen LogP contribution in [-0.2, 0) is 11.2 Å². The Hall–Kier alpha value is -2.76. The van der Waals surface area contributed by atoms with Gasteiger partial charge in [0.1, 0.15) is 11.4 Å². The maximum atomic E-state index is 12.8. The standard InChI is InChI=1S/C16H14FN3O2/c1-11-14(15-18-8-2-9-20(15)19-11)16(21)22-10-7-12-3-5-13(17)6-4-12/h2-6,8-9H,7,10H2,1H3. The van der Waals surface area contributed by atoms with Gasteiger partial charge in [-0.1, -0.05) is 12.1 Å². The quantitative estimate of drug-likeness (QED) is 0.695. The first-order valence-electron chi connectivity index (χ1n) is 6.86. The number of hydrogen-bond donors (Lipinski definition) is 0. The van der Waals surface area contributed by atoms with Gasteiger partial charge >= 0.3 is 5.97 Å². The first kappa shape index (κ1) is 14.2. The van der Waals surface area contributed by atoms with Crippen LogP contribution >= 0.6 is 0 Å². The lowest BCUT2D eigenvalue weighted by Crippen LogP contribution is -2.09. The van der Waals surface area contributed by atoms with Crippen LogP contribution in [0.3, 0.4) is 0 Å². The molecule has 0 atom stereocenters. The van der Waals surface area contributed by atoms with E-state index in [1.165, 1.54) is 12.1 Å². The fourth-order valence-electron chi connectivity index (χ4n) is 2.22. The Morgan fingerprint density at radius 3 is 2.86 bits per heavy atom. The maximum absolute atomic E-state index is 12.8. The summed E-state index contributed by atoms with van der Waals surface area (Å²) in [5, 5.41) is 4.22. The summed E-state index contributed by atoms with van der Waals surface area (Å²) in [6.45, 7) is 1.96. The molecule has 3 rings (SSSR count). The Bertz CT molecular complexity index is 812. The molecule has 0 radical (unpaired) electrons. The number of aromatic nitrogens is 3. The molecule has 0 amide bonds. The lowest BCUT2D eigenvalue weighted by molar-refractivity contribution is 0.0510. The molecule has 2 heterocycles. The number of carbonyl (C=O) groups excluding carboxylic acids is 1. The summed E-state index contributed by atoms with van der Waals surface area (Å²) < 4.78 is 19.6. The molecule has 2 aromatic heterocycles. The molecule has 0 fully saturated rings. The first-order chi connectivity index (χ1) is 10.6. The van der Waals surface area contributed by atoms with Crippen LogP contribution in [0.15, 0.2) is 42.7 Å². The monoisotopic (exact) mass is 299 g/mol. The van der Waals surface area contributed by atoms with E-state index in [4.69, 9.17) is 4.74 Å². The number of esters is 1. The van der Waals surface area contributed by atoms with Crippen LogP contribution in [0.4, 0.5) is 4.39 Å². The van der Waals surface area contributed by atoms with Gasteiger partial charge in [0.25, 0.3) is 0 Å². The van der Waals surface area contributed by atoms with Crippen molar-refractivity contribution in [2.24, 2.45) is 0 Å². The van der Waals surface area contributed by atoms with Crippen molar-refractivity contribution in [2.75, 3.05) is 6.61 Å². The summed E-state index contributed by atoms with van der Waals surface area (Å²) in [5.41, 5.74) is 2.33. The second-order valence-electron chi connectivity index (χ2n) is 4.86. The van der Waals surface area contributed by atoms with Gasteiger partial charge in [-0.15, -0.1) is 0 Å². The van der Waals surface area contributed by atoms with E-state index in [0.717, 1.165) is 5.56 Å². The van der Waals surface area contributed by atoms with E-state index in [1.54, 1.807) is 42.0 Å². The molecule has 0 spiro atoms. The molecule has 0 aliphatic rings. The number of hydrogen-bond acceptors (Lipinski definition) is 4. The fraction of sp³-hybridized carbons (Fsp3) is 0.188. The van der Waals surface area contributed by atoms with Crippen LogP contribution in [0, 0.1) is 12.7 Å². The Morgan fingerprint density at radius 2 is 2.09 bits per heavy atom. The first-order valence-corrected chi connectivity index (χ1v) is 6.86. The molecule has 0 aliphatic carbocycles. The van der Waals surface area contributed by atoms with Crippen molar-refractivity contribution < 1.29 is 13.9 Å². The van der Waals surface area contributed by atoms with Gasteiger partial charge in [-0.2, -0.15) is 5.10 Å². The van der Waals surface area contributed by atoms with Crippen LogP contribution in [0.1, 0.15) is 21.6 Å². The topological polar surface area (TPSA) is 56.5 Å². The van der Waals surface area contributed by atoms with E-state index in [0.29, 0.717) is 23.3 Å². The van der Waals surface area contributed by atoms with Crippen LogP contribution in [0.2, 0.25) is 0 Å². The van der Waals surface area contributed by atoms with E-state index in [1.807, 2.05) is 0 Å².